The van der Waals surface area contributed by atoms with Crippen molar-refractivity contribution in [1.82, 2.24) is 30.2 Å². The molecule has 0 amide bonds. The summed E-state index contributed by atoms with van der Waals surface area (Å²) in [4.78, 5) is 10.5. The third-order valence-electron chi connectivity index (χ3n) is 4.60. The summed E-state index contributed by atoms with van der Waals surface area (Å²) in [6, 6.07) is 9.57. The molecule has 4 aromatic rings. The summed E-state index contributed by atoms with van der Waals surface area (Å²) in [5.74, 6) is -2.06. The second kappa shape index (κ2) is 6.56. The summed E-state index contributed by atoms with van der Waals surface area (Å²) in [6.45, 7) is 1.80. The van der Waals surface area contributed by atoms with Gasteiger partial charge in [-0.1, -0.05) is 18.2 Å². The maximum atomic E-state index is 13.9. The number of thiophene rings is 1. The van der Waals surface area contributed by atoms with Gasteiger partial charge < -0.3 is 0 Å². The van der Waals surface area contributed by atoms with E-state index in [2.05, 4.69) is 25.5 Å². The van der Waals surface area contributed by atoms with Gasteiger partial charge in [0.25, 0.3) is 5.92 Å². The topological polar surface area (TPSA) is 69.4 Å². The normalized spacial score (nSPS) is 15.7. The predicted molar refractivity (Wildman–Crippen MR) is 102 cm³/mol. The lowest BCUT2D eigenvalue weighted by Gasteiger charge is -2.21. The molecule has 0 spiro atoms. The van der Waals surface area contributed by atoms with E-state index in [0.29, 0.717) is 27.3 Å². The molecular formula is C18H14F2N6S2. The van der Waals surface area contributed by atoms with E-state index >= 15 is 0 Å². The first-order valence-electron chi connectivity index (χ1n) is 8.68. The minimum absolute atomic E-state index is 0.147. The Kier molecular flexibility index (Phi) is 4.13. The fourth-order valence-corrected chi connectivity index (χ4v) is 5.73. The molecule has 0 radical (unpaired) electrons. The van der Waals surface area contributed by atoms with Gasteiger partial charge in [0, 0.05) is 23.1 Å². The summed E-state index contributed by atoms with van der Waals surface area (Å²) in [7, 11) is 0. The number of halogens is 2. The molecule has 0 fully saturated rings. The van der Waals surface area contributed by atoms with E-state index in [-0.39, 0.29) is 12.8 Å². The molecule has 0 N–H and O–H groups in total. The van der Waals surface area contributed by atoms with Crippen LogP contribution in [-0.4, -0.2) is 36.1 Å². The average Bonchev–Trinajstić information content (AvgIpc) is 3.25. The maximum absolute atomic E-state index is 13.9. The molecule has 0 atom stereocenters. The van der Waals surface area contributed by atoms with Crippen LogP contribution in [0, 0.1) is 6.92 Å². The zero-order valence-electron chi connectivity index (χ0n) is 14.8. The highest BCUT2D eigenvalue weighted by atomic mass is 32.2. The fraction of sp³-hybridized carbons (Fsp3) is 0.278. The molecule has 1 aliphatic rings. The predicted octanol–water partition coefficient (Wildman–Crippen LogP) is 4.25. The molecule has 10 heteroatoms. The molecule has 0 saturated carbocycles. The van der Waals surface area contributed by atoms with E-state index in [1.807, 2.05) is 30.3 Å². The van der Waals surface area contributed by atoms with Crippen LogP contribution in [0.4, 0.5) is 8.78 Å². The van der Waals surface area contributed by atoms with Crippen LogP contribution >= 0.6 is 23.1 Å². The van der Waals surface area contributed by atoms with Gasteiger partial charge in [0.1, 0.15) is 15.7 Å². The number of tetrazole rings is 1. The van der Waals surface area contributed by atoms with Gasteiger partial charge in [0.2, 0.25) is 5.16 Å². The first-order chi connectivity index (χ1) is 13.5. The number of hydrogen-bond acceptors (Lipinski definition) is 7. The van der Waals surface area contributed by atoms with Crippen LogP contribution in [0.3, 0.4) is 0 Å². The first kappa shape index (κ1) is 17.6. The van der Waals surface area contributed by atoms with Crippen molar-refractivity contribution in [3.63, 3.8) is 0 Å². The SMILES string of the molecule is Cc1nc(Sc2nnnn2-c2ccccc2)c2c3c(sc2n1)CC(F)(F)CC3. The zero-order chi connectivity index (χ0) is 19.3. The van der Waals surface area contributed by atoms with Crippen LogP contribution in [0.5, 0.6) is 0 Å². The molecular weight excluding hydrogens is 402 g/mol. The highest BCUT2D eigenvalue weighted by molar-refractivity contribution is 7.99. The number of aryl methyl sites for hydroxylation is 2. The Balaban J connectivity index is 1.61. The number of aromatic nitrogens is 6. The molecule has 5 rings (SSSR count). The minimum Gasteiger partial charge on any atom is -0.226 e. The van der Waals surface area contributed by atoms with Gasteiger partial charge in [-0.05, 0) is 53.2 Å². The van der Waals surface area contributed by atoms with Gasteiger partial charge >= 0.3 is 0 Å². The van der Waals surface area contributed by atoms with Gasteiger partial charge in [0.15, 0.2) is 0 Å². The summed E-state index contributed by atoms with van der Waals surface area (Å²) in [6.07, 6.45) is -0.0498. The van der Waals surface area contributed by atoms with E-state index in [0.717, 1.165) is 21.5 Å². The lowest BCUT2D eigenvalue weighted by atomic mass is 9.94. The van der Waals surface area contributed by atoms with Crippen molar-refractivity contribution in [3.8, 4) is 5.69 Å². The van der Waals surface area contributed by atoms with Crippen LogP contribution < -0.4 is 0 Å². The lowest BCUT2D eigenvalue weighted by Crippen LogP contribution is -2.24. The van der Waals surface area contributed by atoms with Crippen molar-refractivity contribution in [1.29, 1.82) is 0 Å². The number of benzene rings is 1. The quantitative estimate of drug-likeness (QED) is 0.465. The molecule has 1 aliphatic carbocycles. The van der Waals surface area contributed by atoms with Crippen LogP contribution in [0.1, 0.15) is 22.7 Å². The highest BCUT2D eigenvalue weighted by Gasteiger charge is 2.37. The second-order valence-corrected chi connectivity index (χ2v) is 8.64. The maximum Gasteiger partial charge on any atom is 0.253 e. The summed E-state index contributed by atoms with van der Waals surface area (Å²) in [5, 5.41) is 14.1. The largest absolute Gasteiger partial charge is 0.253 e. The van der Waals surface area contributed by atoms with E-state index < -0.39 is 5.92 Å². The molecule has 0 aliphatic heterocycles. The van der Waals surface area contributed by atoms with Crippen molar-refractivity contribution >= 4 is 33.3 Å². The van der Waals surface area contributed by atoms with Gasteiger partial charge in [-0.25, -0.2) is 18.7 Å². The Morgan fingerprint density at radius 3 is 2.82 bits per heavy atom. The molecule has 1 aromatic carbocycles. The standard InChI is InChI=1S/C18H14F2N6S2/c1-10-21-15-14(12-7-8-18(19,20)9-13(12)27-15)16(22-10)28-17-23-24-25-26(17)11-5-3-2-4-6-11/h2-6H,7-9H2,1H3. The Labute approximate surface area is 167 Å². The average molecular weight is 416 g/mol. The summed E-state index contributed by atoms with van der Waals surface area (Å²) < 4.78 is 29.4. The van der Waals surface area contributed by atoms with Crippen LogP contribution in [0.15, 0.2) is 40.5 Å². The molecule has 3 heterocycles. The third kappa shape index (κ3) is 3.06. The molecule has 142 valence electrons. The van der Waals surface area contributed by atoms with Crippen molar-refractivity contribution in [2.24, 2.45) is 0 Å². The highest BCUT2D eigenvalue weighted by Crippen LogP contribution is 2.44. The zero-order valence-corrected chi connectivity index (χ0v) is 16.4. The van der Waals surface area contributed by atoms with Crippen molar-refractivity contribution in [2.45, 2.75) is 42.3 Å². The van der Waals surface area contributed by atoms with E-state index in [4.69, 9.17) is 0 Å². The number of para-hydroxylation sites is 1. The second-order valence-electron chi connectivity index (χ2n) is 6.60. The van der Waals surface area contributed by atoms with E-state index in [9.17, 15) is 8.78 Å². The van der Waals surface area contributed by atoms with Gasteiger partial charge in [-0.3, -0.25) is 0 Å². The Morgan fingerprint density at radius 2 is 2.00 bits per heavy atom. The van der Waals surface area contributed by atoms with Crippen LogP contribution in [0.2, 0.25) is 0 Å². The van der Waals surface area contributed by atoms with Crippen LogP contribution in [-0.2, 0) is 12.8 Å². The monoisotopic (exact) mass is 416 g/mol. The number of fused-ring (bicyclic) bond motifs is 3. The Morgan fingerprint density at radius 1 is 1.18 bits per heavy atom. The molecule has 6 nitrogen and oxygen atoms in total. The van der Waals surface area contributed by atoms with Gasteiger partial charge in [0.05, 0.1) is 5.69 Å². The summed E-state index contributed by atoms with van der Waals surface area (Å²) >= 11 is 2.67. The number of alkyl halides is 2. The van der Waals surface area contributed by atoms with Crippen molar-refractivity contribution in [2.75, 3.05) is 0 Å². The number of hydrogen-bond donors (Lipinski definition) is 0. The van der Waals surface area contributed by atoms with Gasteiger partial charge in [-0.2, -0.15) is 4.68 Å². The Bertz CT molecular complexity index is 1170. The van der Waals surface area contributed by atoms with Crippen molar-refractivity contribution in [3.05, 3.63) is 46.6 Å². The molecule has 28 heavy (non-hydrogen) atoms. The molecule has 0 bridgehead atoms. The van der Waals surface area contributed by atoms with E-state index in [1.165, 1.54) is 23.1 Å². The lowest BCUT2D eigenvalue weighted by molar-refractivity contribution is -0.0110. The Hall–Kier alpha value is -2.46. The fourth-order valence-electron chi connectivity index (χ4n) is 3.34. The first-order valence-corrected chi connectivity index (χ1v) is 10.3. The molecule has 0 saturated heterocycles. The van der Waals surface area contributed by atoms with Gasteiger partial charge in [-0.15, -0.1) is 16.4 Å². The number of nitrogens with zero attached hydrogens (tertiary/aromatic N) is 6. The smallest absolute Gasteiger partial charge is 0.226 e. The molecule has 0 unspecified atom stereocenters. The van der Waals surface area contributed by atoms with E-state index in [1.54, 1.807) is 11.6 Å². The number of rotatable bonds is 3. The van der Waals surface area contributed by atoms with Crippen LogP contribution in [0.25, 0.3) is 15.9 Å². The summed E-state index contributed by atoms with van der Waals surface area (Å²) in [5.41, 5.74) is 1.77. The minimum atomic E-state index is -2.65. The molecule has 3 aromatic heterocycles. The third-order valence-corrected chi connectivity index (χ3v) is 6.65. The van der Waals surface area contributed by atoms with Crippen molar-refractivity contribution < 1.29 is 8.78 Å².